The summed E-state index contributed by atoms with van der Waals surface area (Å²) in [7, 11) is -1.11. The van der Waals surface area contributed by atoms with Gasteiger partial charge in [0.15, 0.2) is 9.84 Å². The summed E-state index contributed by atoms with van der Waals surface area (Å²) in [5.74, 6) is 0. The first-order valence-corrected chi connectivity index (χ1v) is 8.53. The van der Waals surface area contributed by atoms with Crippen molar-refractivity contribution in [3.63, 3.8) is 0 Å². The zero-order chi connectivity index (χ0) is 15.0. The Labute approximate surface area is 120 Å². The number of rotatable bonds is 5. The van der Waals surface area contributed by atoms with Crippen molar-refractivity contribution in [3.05, 3.63) is 36.0 Å². The van der Waals surface area contributed by atoms with Crippen molar-refractivity contribution in [2.45, 2.75) is 25.1 Å². The van der Waals surface area contributed by atoms with Crippen LogP contribution in [0.5, 0.6) is 0 Å². The third-order valence-electron chi connectivity index (χ3n) is 3.78. The van der Waals surface area contributed by atoms with Gasteiger partial charge in [0.2, 0.25) is 0 Å². The van der Waals surface area contributed by atoms with Gasteiger partial charge in [0.1, 0.15) is 0 Å². The van der Waals surface area contributed by atoms with E-state index in [1.807, 2.05) is 25.4 Å². The Morgan fingerprint density at radius 3 is 2.60 bits per heavy atom. The van der Waals surface area contributed by atoms with Crippen LogP contribution in [0, 0.1) is 0 Å². The highest BCUT2D eigenvalue weighted by molar-refractivity contribution is 7.92. The fraction of sp³-hybridized carbons (Fsp3) is 0.467. The molecule has 0 aliphatic carbocycles. The van der Waals surface area contributed by atoms with E-state index in [0.29, 0.717) is 6.54 Å². The molecular formula is C15H22N2O2S. The second-order valence-corrected chi connectivity index (χ2v) is 8.71. The Bertz CT molecular complexity index is 701. The van der Waals surface area contributed by atoms with Crippen LogP contribution >= 0.6 is 0 Å². The van der Waals surface area contributed by atoms with Crippen molar-refractivity contribution in [3.8, 4) is 0 Å². The summed E-state index contributed by atoms with van der Waals surface area (Å²) in [5.41, 5.74) is 2.31. The van der Waals surface area contributed by atoms with Crippen LogP contribution in [0.4, 0.5) is 0 Å². The van der Waals surface area contributed by atoms with E-state index in [2.05, 4.69) is 22.0 Å². The number of nitrogens with one attached hydrogen (secondary N) is 1. The van der Waals surface area contributed by atoms with E-state index in [0.717, 1.165) is 12.1 Å². The van der Waals surface area contributed by atoms with E-state index in [1.165, 1.54) is 17.2 Å². The van der Waals surface area contributed by atoms with Crippen LogP contribution in [0.1, 0.15) is 19.4 Å². The maximum Gasteiger partial charge on any atom is 0.153 e. The Morgan fingerprint density at radius 1 is 1.25 bits per heavy atom. The smallest absolute Gasteiger partial charge is 0.153 e. The van der Waals surface area contributed by atoms with Gasteiger partial charge in [-0.3, -0.25) is 0 Å². The molecule has 0 aliphatic heterocycles. The van der Waals surface area contributed by atoms with Crippen molar-refractivity contribution in [2.75, 3.05) is 19.8 Å². The molecule has 5 heteroatoms. The number of sulfone groups is 1. The number of hydrogen-bond acceptors (Lipinski definition) is 3. The summed E-state index contributed by atoms with van der Waals surface area (Å²) >= 11 is 0. The van der Waals surface area contributed by atoms with Gasteiger partial charge in [-0.05, 0) is 38.6 Å². The molecule has 1 N–H and O–H groups in total. The van der Waals surface area contributed by atoms with E-state index >= 15 is 0 Å². The summed E-state index contributed by atoms with van der Waals surface area (Å²) in [6.45, 7) is 4.78. The van der Waals surface area contributed by atoms with Crippen LogP contribution in [0.25, 0.3) is 10.9 Å². The van der Waals surface area contributed by atoms with Gasteiger partial charge in [-0.25, -0.2) is 8.42 Å². The normalized spacial score (nSPS) is 13.2. The van der Waals surface area contributed by atoms with Crippen LogP contribution in [0.15, 0.2) is 30.5 Å². The van der Waals surface area contributed by atoms with Crippen molar-refractivity contribution >= 4 is 20.7 Å². The minimum absolute atomic E-state index is 0.507. The first kappa shape index (κ1) is 15.1. The van der Waals surface area contributed by atoms with Crippen LogP contribution in [-0.4, -0.2) is 42.9 Å². The van der Waals surface area contributed by atoms with Crippen LogP contribution in [0.3, 0.4) is 0 Å². The first-order valence-electron chi connectivity index (χ1n) is 6.64. The molecule has 0 saturated heterocycles. The van der Waals surface area contributed by atoms with Gasteiger partial charge in [0.05, 0.1) is 4.75 Å². The molecule has 20 heavy (non-hydrogen) atoms. The lowest BCUT2D eigenvalue weighted by Gasteiger charge is -2.28. The van der Waals surface area contributed by atoms with E-state index < -0.39 is 14.6 Å². The second-order valence-electron chi connectivity index (χ2n) is 6.06. The summed E-state index contributed by atoms with van der Waals surface area (Å²) < 4.78 is 22.8. The molecule has 1 heterocycles. The monoisotopic (exact) mass is 294 g/mol. The number of aromatic amines is 1. The predicted molar refractivity (Wildman–Crippen MR) is 83.6 cm³/mol. The number of H-pyrrole nitrogens is 1. The summed E-state index contributed by atoms with van der Waals surface area (Å²) in [6, 6.07) is 8.20. The molecule has 1 aromatic heterocycles. The Kier molecular flexibility index (Phi) is 3.93. The number of fused-ring (bicyclic) bond motifs is 1. The van der Waals surface area contributed by atoms with Crippen LogP contribution in [0.2, 0.25) is 0 Å². The lowest BCUT2D eigenvalue weighted by atomic mass is 10.1. The topological polar surface area (TPSA) is 53.2 Å². The largest absolute Gasteiger partial charge is 0.361 e. The van der Waals surface area contributed by atoms with Crippen molar-refractivity contribution in [1.29, 1.82) is 0 Å². The summed E-state index contributed by atoms with van der Waals surface area (Å²) in [5, 5.41) is 1.19. The second kappa shape index (κ2) is 5.22. The lowest BCUT2D eigenvalue weighted by molar-refractivity contribution is 0.297. The van der Waals surface area contributed by atoms with E-state index in [4.69, 9.17) is 0 Å². The lowest BCUT2D eigenvalue weighted by Crippen LogP contribution is -2.42. The van der Waals surface area contributed by atoms with E-state index in [1.54, 1.807) is 13.8 Å². The zero-order valence-corrected chi connectivity index (χ0v) is 13.3. The SMILES string of the molecule is CN(Cc1cccc2[nH]ccc12)CC(C)(C)S(C)(=O)=O. The minimum Gasteiger partial charge on any atom is -0.361 e. The molecule has 2 rings (SSSR count). The van der Waals surface area contributed by atoms with Gasteiger partial charge in [0.25, 0.3) is 0 Å². The van der Waals surface area contributed by atoms with Gasteiger partial charge in [0, 0.05) is 36.4 Å². The number of nitrogens with zero attached hydrogens (tertiary/aromatic N) is 1. The highest BCUT2D eigenvalue weighted by Gasteiger charge is 2.31. The predicted octanol–water partition coefficient (Wildman–Crippen LogP) is 2.42. The van der Waals surface area contributed by atoms with E-state index in [-0.39, 0.29) is 0 Å². The fourth-order valence-electron chi connectivity index (χ4n) is 2.40. The molecule has 0 saturated carbocycles. The molecule has 0 atom stereocenters. The molecule has 0 spiro atoms. The molecule has 4 nitrogen and oxygen atoms in total. The fourth-order valence-corrected chi connectivity index (χ4v) is 2.86. The molecule has 0 fully saturated rings. The minimum atomic E-state index is -3.07. The highest BCUT2D eigenvalue weighted by atomic mass is 32.2. The third kappa shape index (κ3) is 3.04. The van der Waals surface area contributed by atoms with Gasteiger partial charge in [-0.15, -0.1) is 0 Å². The standard InChI is InChI=1S/C15H22N2O2S/c1-15(2,20(4,18)19)11-17(3)10-12-6-5-7-14-13(12)8-9-16-14/h5-9,16H,10-11H2,1-4H3. The first-order chi connectivity index (χ1) is 9.21. The Balaban J connectivity index is 2.16. The molecule has 0 amide bonds. The molecule has 0 unspecified atom stereocenters. The quantitative estimate of drug-likeness (QED) is 0.921. The third-order valence-corrected chi connectivity index (χ3v) is 5.92. The zero-order valence-electron chi connectivity index (χ0n) is 12.5. The average molecular weight is 294 g/mol. The Morgan fingerprint density at radius 2 is 1.95 bits per heavy atom. The van der Waals surface area contributed by atoms with Gasteiger partial charge in [-0.1, -0.05) is 12.1 Å². The van der Waals surface area contributed by atoms with Gasteiger partial charge < -0.3 is 9.88 Å². The van der Waals surface area contributed by atoms with Crippen LogP contribution < -0.4 is 0 Å². The number of aromatic nitrogens is 1. The molecule has 1 aromatic carbocycles. The van der Waals surface area contributed by atoms with Gasteiger partial charge >= 0.3 is 0 Å². The average Bonchev–Trinajstić information content (AvgIpc) is 2.75. The molecule has 0 radical (unpaired) electrons. The molecular weight excluding hydrogens is 272 g/mol. The Hall–Kier alpha value is -1.33. The van der Waals surface area contributed by atoms with Crippen molar-refractivity contribution < 1.29 is 8.42 Å². The van der Waals surface area contributed by atoms with Crippen molar-refractivity contribution in [2.24, 2.45) is 0 Å². The number of benzene rings is 1. The maximum atomic E-state index is 11.8. The molecule has 0 bridgehead atoms. The highest BCUT2D eigenvalue weighted by Crippen LogP contribution is 2.21. The van der Waals surface area contributed by atoms with Crippen molar-refractivity contribution in [1.82, 2.24) is 9.88 Å². The molecule has 2 aromatic rings. The summed E-state index contributed by atoms with van der Waals surface area (Å²) in [6.07, 6.45) is 3.22. The maximum absolute atomic E-state index is 11.8. The van der Waals surface area contributed by atoms with E-state index in [9.17, 15) is 8.42 Å². The number of hydrogen-bond donors (Lipinski definition) is 1. The van der Waals surface area contributed by atoms with Gasteiger partial charge in [-0.2, -0.15) is 0 Å². The molecule has 110 valence electrons. The molecule has 0 aliphatic rings. The van der Waals surface area contributed by atoms with Crippen LogP contribution in [-0.2, 0) is 16.4 Å². The summed E-state index contributed by atoms with van der Waals surface area (Å²) in [4.78, 5) is 5.25.